The molecule has 71 heavy (non-hydrogen) atoms. The van der Waals surface area contributed by atoms with Crippen molar-refractivity contribution < 1.29 is 81.3 Å². The number of esters is 2. The summed E-state index contributed by atoms with van der Waals surface area (Å²) in [6.45, 7) is 1.44. The Morgan fingerprint density at radius 3 is 2.18 bits per heavy atom. The molecule has 2 aliphatic heterocycles. The van der Waals surface area contributed by atoms with Crippen molar-refractivity contribution in [1.82, 2.24) is 9.55 Å². The first kappa shape index (κ1) is 62.1. The first-order valence-corrected chi connectivity index (χ1v) is 28.4. The summed E-state index contributed by atoms with van der Waals surface area (Å²) in [5.41, 5.74) is 4.75. The molecule has 21 nitrogen and oxygen atoms in total. The number of carbonyl (C=O) groups excluding carboxylic acids is 3. The smallest absolute Gasteiger partial charge is 0.462 e. The third kappa shape index (κ3) is 24.6. The summed E-state index contributed by atoms with van der Waals surface area (Å²) in [5, 5.41) is 45.5. The number of nitrogens with zero attached hydrogens (tertiary/aromatic N) is 2. The number of anilines is 1. The average molecular weight is 1050 g/mol. The molecule has 2 fully saturated rings. The molecule has 1 aromatic heterocycles. The molecule has 406 valence electrons. The summed E-state index contributed by atoms with van der Waals surface area (Å²) in [6, 6.07) is 1.23. The van der Waals surface area contributed by atoms with Crippen LogP contribution in [0.2, 0.25) is 0 Å². The van der Waals surface area contributed by atoms with Crippen LogP contribution >= 0.6 is 15.6 Å². The maximum absolute atomic E-state index is 14.3. The number of aromatic nitrogens is 2. The predicted molar refractivity (Wildman–Crippen MR) is 262 cm³/mol. The van der Waals surface area contributed by atoms with Gasteiger partial charge in [-0.2, -0.15) is 9.29 Å². The molecule has 3 heterocycles. The molecule has 0 radical (unpaired) electrons. The number of cyclic esters (lactones) is 1. The fraction of sp³-hybridized carbons (Fsp3) is 0.771. The molecule has 8 N–H and O–H groups in total. The first-order chi connectivity index (χ1) is 33.9. The zero-order valence-electron chi connectivity index (χ0n) is 41.5. The molecule has 2 unspecified atom stereocenters. The second-order valence-corrected chi connectivity index (χ2v) is 21.5. The lowest BCUT2D eigenvalue weighted by Gasteiger charge is -2.38. The number of allylic oxidation sites excluding steroid dienone is 2. The first-order valence-electron chi connectivity index (χ1n) is 25.5. The number of ether oxygens (including phenoxy) is 3. The summed E-state index contributed by atoms with van der Waals surface area (Å²) < 4.78 is 58.9. The van der Waals surface area contributed by atoms with Gasteiger partial charge in [0.25, 0.3) is 0 Å². The lowest BCUT2D eigenvalue weighted by atomic mass is 9.83. The normalized spacial score (nSPS) is 29.9. The number of nitrogen functional groups attached to an aromatic ring is 1. The van der Waals surface area contributed by atoms with Crippen LogP contribution in [0.4, 0.5) is 5.82 Å². The van der Waals surface area contributed by atoms with Crippen LogP contribution in [0.5, 0.6) is 0 Å². The minimum Gasteiger partial charge on any atom is -0.462 e. The van der Waals surface area contributed by atoms with Crippen molar-refractivity contribution in [3.63, 3.8) is 0 Å². The topological polar surface area (TPSA) is 323 Å². The van der Waals surface area contributed by atoms with Crippen LogP contribution in [0, 0.1) is 11.8 Å². The Morgan fingerprint density at radius 1 is 0.859 bits per heavy atom. The molecule has 23 heteroatoms. The van der Waals surface area contributed by atoms with Gasteiger partial charge in [0.05, 0.1) is 37.4 Å². The van der Waals surface area contributed by atoms with Crippen molar-refractivity contribution in [1.29, 1.82) is 0 Å². The van der Waals surface area contributed by atoms with E-state index in [0.29, 0.717) is 44.9 Å². The summed E-state index contributed by atoms with van der Waals surface area (Å²) in [5.74, 6) is -4.95. The molecule has 2 bridgehead atoms. The maximum Gasteiger partial charge on any atom is 0.481 e. The fourth-order valence-corrected chi connectivity index (χ4v) is 10.4. The van der Waals surface area contributed by atoms with E-state index >= 15 is 0 Å². The summed E-state index contributed by atoms with van der Waals surface area (Å²) in [7, 11) is -11.3. The van der Waals surface area contributed by atoms with Gasteiger partial charge < -0.3 is 50.2 Å². The van der Waals surface area contributed by atoms with Crippen molar-refractivity contribution in [2.75, 3.05) is 25.6 Å². The molecule has 0 aromatic carbocycles. The van der Waals surface area contributed by atoms with E-state index in [1.807, 2.05) is 6.92 Å². The van der Waals surface area contributed by atoms with Crippen LogP contribution in [-0.2, 0) is 51.1 Å². The zero-order valence-corrected chi connectivity index (χ0v) is 43.3. The van der Waals surface area contributed by atoms with Gasteiger partial charge in [-0.1, -0.05) is 115 Å². The van der Waals surface area contributed by atoms with Crippen molar-refractivity contribution in [3.8, 4) is 0 Å². The van der Waals surface area contributed by atoms with Crippen LogP contribution in [0.25, 0.3) is 0 Å². The number of hydrogen-bond donors (Lipinski definition) is 7. The quantitative estimate of drug-likeness (QED) is 0.0288. The Morgan fingerprint density at radius 2 is 1.49 bits per heavy atom. The van der Waals surface area contributed by atoms with Crippen LogP contribution in [0.15, 0.2) is 41.4 Å². The number of rotatable bonds is 21. The van der Waals surface area contributed by atoms with Crippen molar-refractivity contribution in [2.45, 2.75) is 204 Å². The van der Waals surface area contributed by atoms with Gasteiger partial charge in [-0.25, -0.2) is 13.9 Å². The van der Waals surface area contributed by atoms with Crippen LogP contribution in [-0.4, -0.2) is 114 Å². The SMILES string of the molecule is CCCCCC/C=C\CCCCCCCC(=O)O[C@@H]1COC(=O)CCCCCC[C@H]2C(=O)C[C@@H](O)[C@H](/C=C/[C@@H](O)CCCCC)[C@H](O)[C@H](O)[C@@H](COP(=O)(O)OP(=O)(O)OC1)O[C@H]2n1ccc(N)nc1=O. The molecule has 0 aliphatic carbocycles. The van der Waals surface area contributed by atoms with Gasteiger partial charge in [-0.3, -0.25) is 28.0 Å². The number of nitrogens with two attached hydrogens (primary N) is 1. The highest BCUT2D eigenvalue weighted by atomic mass is 31.3. The van der Waals surface area contributed by atoms with Crippen molar-refractivity contribution >= 4 is 39.2 Å². The minimum atomic E-state index is -5.71. The third-order valence-electron chi connectivity index (χ3n) is 12.4. The number of phosphoric ester groups is 2. The Hall–Kier alpha value is -3.17. The van der Waals surface area contributed by atoms with E-state index in [1.165, 1.54) is 50.1 Å². The van der Waals surface area contributed by atoms with Gasteiger partial charge in [-0.05, 0) is 57.4 Å². The second-order valence-electron chi connectivity index (χ2n) is 18.4. The molecule has 3 rings (SSSR count). The number of fused-ring (bicyclic) bond motifs is 3. The number of ketones is 1. The molecule has 2 aliphatic rings. The van der Waals surface area contributed by atoms with Gasteiger partial charge in [0.1, 0.15) is 36.6 Å². The molecule has 1 aromatic rings. The number of Topliss-reactive ketones (excluding diaryl/α,β-unsaturated/α-hetero) is 1. The molecular weight excluding hydrogens is 968 g/mol. The number of hydrogen-bond acceptors (Lipinski definition) is 18. The second kappa shape index (κ2) is 33.6. The maximum atomic E-state index is 14.3. The monoisotopic (exact) mass is 1050 g/mol. The van der Waals surface area contributed by atoms with Crippen LogP contribution in [0.3, 0.4) is 0 Å². The largest absolute Gasteiger partial charge is 0.481 e. The van der Waals surface area contributed by atoms with Gasteiger partial charge >= 0.3 is 33.3 Å². The summed E-state index contributed by atoms with van der Waals surface area (Å²) in [4.78, 5) is 78.4. The fourth-order valence-electron chi connectivity index (χ4n) is 8.32. The summed E-state index contributed by atoms with van der Waals surface area (Å²) in [6.07, 6.45) is 10.9. The highest BCUT2D eigenvalue weighted by Crippen LogP contribution is 2.60. The van der Waals surface area contributed by atoms with E-state index in [4.69, 9.17) is 29.0 Å². The number of aliphatic hydroxyl groups excluding tert-OH is 4. The Kier molecular flexibility index (Phi) is 29.4. The Bertz CT molecular complexity index is 1950. The number of carbonyl (C=O) groups is 3. The lowest BCUT2D eigenvalue weighted by molar-refractivity contribution is -0.184. The zero-order chi connectivity index (χ0) is 52.2. The average Bonchev–Trinajstić information content (AvgIpc) is 3.30. The molecule has 0 amide bonds. The van der Waals surface area contributed by atoms with Crippen molar-refractivity contribution in [2.24, 2.45) is 11.8 Å². The molecular formula is C48H81N3O18P2. The standard InChI is InChI=1S/C48H81N3O18P2/c1-3-5-7-8-9-10-11-12-13-14-15-16-22-26-44(56)67-36-32-64-43(55)25-21-18-17-20-24-38-40(54)31-39(53)37(28-27-35(52)23-19-6-4-2)45(57)46(58)41(34-66-71(62,63)69-70(60,61)65-33-36)68-47(38)51-30-29-42(49)50-48(51)59/h10-11,27-30,35-39,41,45-47,52-53,57-58H,3-9,12-26,31-34H2,1-2H3,(H,60,61)(H,62,63)(H2,49,50,59)/b11-10-,28-27+/t35-,36+,37-,38-,39+,41+,45-,46+,47+/m0/s1. The van der Waals surface area contributed by atoms with E-state index in [2.05, 4.69) is 28.4 Å². The Balaban J connectivity index is 1.84. The Labute approximate surface area is 417 Å². The van der Waals surface area contributed by atoms with Gasteiger partial charge in [0.15, 0.2) is 6.10 Å². The third-order valence-corrected chi connectivity index (χ3v) is 15.0. The number of unbranched alkanes of at least 4 members (excludes halogenated alkanes) is 11. The van der Waals surface area contributed by atoms with E-state index in [1.54, 1.807) is 0 Å². The number of aliphatic hydroxyl groups is 4. The van der Waals surface area contributed by atoms with E-state index in [9.17, 15) is 58.5 Å². The molecule has 2 saturated heterocycles. The van der Waals surface area contributed by atoms with Crippen LogP contribution < -0.4 is 11.4 Å². The molecule has 11 atom stereocenters. The molecule has 0 spiro atoms. The van der Waals surface area contributed by atoms with E-state index in [-0.39, 0.29) is 25.1 Å². The van der Waals surface area contributed by atoms with Crippen LogP contribution in [0.1, 0.15) is 168 Å². The van der Waals surface area contributed by atoms with Gasteiger partial charge in [0.2, 0.25) is 0 Å². The highest BCUT2D eigenvalue weighted by molar-refractivity contribution is 7.61. The highest BCUT2D eigenvalue weighted by Gasteiger charge is 2.45. The molecule has 0 saturated carbocycles. The summed E-state index contributed by atoms with van der Waals surface area (Å²) >= 11 is 0. The predicted octanol–water partition coefficient (Wildman–Crippen LogP) is 6.81. The van der Waals surface area contributed by atoms with Gasteiger partial charge in [-0.15, -0.1) is 0 Å². The van der Waals surface area contributed by atoms with E-state index in [0.717, 1.165) is 55.9 Å². The van der Waals surface area contributed by atoms with E-state index < -0.39 is 120 Å². The van der Waals surface area contributed by atoms with Crippen molar-refractivity contribution in [3.05, 3.63) is 47.1 Å². The lowest BCUT2D eigenvalue weighted by Crippen LogP contribution is -2.51. The van der Waals surface area contributed by atoms with Gasteiger partial charge in [0, 0.05) is 31.4 Å². The minimum absolute atomic E-state index is 0.00303. The number of phosphoric acid groups is 2.